The van der Waals surface area contributed by atoms with Crippen LogP contribution >= 0.6 is 15.9 Å². The van der Waals surface area contributed by atoms with Crippen LogP contribution in [0.25, 0.3) is 17.0 Å². The lowest BCUT2D eigenvalue weighted by Crippen LogP contribution is -2.40. The summed E-state index contributed by atoms with van der Waals surface area (Å²) in [4.78, 5) is 27.4. The van der Waals surface area contributed by atoms with Crippen molar-refractivity contribution in [2.24, 2.45) is 0 Å². The molecule has 1 aliphatic heterocycles. The second-order valence-electron chi connectivity index (χ2n) is 7.05. The van der Waals surface area contributed by atoms with Gasteiger partial charge in [-0.25, -0.2) is 0 Å². The normalized spacial score (nSPS) is 14.4. The molecular formula is C23H21BrN2O4. The van der Waals surface area contributed by atoms with Gasteiger partial charge in [0.15, 0.2) is 0 Å². The van der Waals surface area contributed by atoms with Crippen LogP contribution in [0.15, 0.2) is 57.4 Å². The van der Waals surface area contributed by atoms with Crippen LogP contribution in [-0.2, 0) is 9.53 Å². The Morgan fingerprint density at radius 3 is 2.67 bits per heavy atom. The van der Waals surface area contributed by atoms with Gasteiger partial charge < -0.3 is 19.4 Å². The van der Waals surface area contributed by atoms with Gasteiger partial charge in [0, 0.05) is 29.0 Å². The highest BCUT2D eigenvalue weighted by Crippen LogP contribution is 2.32. The molecule has 2 aromatic carbocycles. The molecule has 0 spiro atoms. The summed E-state index contributed by atoms with van der Waals surface area (Å²) in [7, 11) is 0. The van der Waals surface area contributed by atoms with Crippen molar-refractivity contribution in [1.82, 2.24) is 4.90 Å². The number of halogens is 1. The van der Waals surface area contributed by atoms with E-state index in [2.05, 4.69) is 21.2 Å². The van der Waals surface area contributed by atoms with Gasteiger partial charge in [0.2, 0.25) is 11.7 Å². The lowest BCUT2D eigenvalue weighted by Gasteiger charge is -2.26. The fraction of sp³-hybridized carbons (Fsp3) is 0.217. The van der Waals surface area contributed by atoms with E-state index in [1.54, 1.807) is 17.0 Å². The molecule has 30 heavy (non-hydrogen) atoms. The first-order valence-electron chi connectivity index (χ1n) is 9.66. The van der Waals surface area contributed by atoms with Crippen molar-refractivity contribution in [2.75, 3.05) is 31.6 Å². The maximum Gasteiger partial charge on any atom is 0.291 e. The summed E-state index contributed by atoms with van der Waals surface area (Å²) in [6.45, 7) is 3.96. The lowest BCUT2D eigenvalue weighted by molar-refractivity contribution is -0.111. The van der Waals surface area contributed by atoms with Crippen molar-refractivity contribution >= 4 is 50.5 Å². The van der Waals surface area contributed by atoms with E-state index in [9.17, 15) is 9.59 Å². The third-order valence-corrected chi connectivity index (χ3v) is 5.59. The number of carbonyl (C=O) groups excluding carboxylic acids is 2. The maximum atomic E-state index is 13.0. The molecule has 0 radical (unpaired) electrons. The quantitative estimate of drug-likeness (QED) is 0.566. The van der Waals surface area contributed by atoms with E-state index >= 15 is 0 Å². The summed E-state index contributed by atoms with van der Waals surface area (Å²) in [6.07, 6.45) is 3.17. The molecule has 1 aliphatic rings. The number of ether oxygens (including phenoxy) is 1. The predicted octanol–water partition coefficient (Wildman–Crippen LogP) is 4.63. The minimum Gasteiger partial charge on any atom is -0.449 e. The van der Waals surface area contributed by atoms with Crippen molar-refractivity contribution in [1.29, 1.82) is 0 Å². The van der Waals surface area contributed by atoms with Crippen LogP contribution in [0.2, 0.25) is 0 Å². The number of amides is 2. The zero-order valence-corrected chi connectivity index (χ0v) is 18.1. The van der Waals surface area contributed by atoms with E-state index in [4.69, 9.17) is 9.15 Å². The molecule has 0 saturated carbocycles. The zero-order chi connectivity index (χ0) is 21.1. The van der Waals surface area contributed by atoms with Gasteiger partial charge in [-0.2, -0.15) is 0 Å². The molecule has 2 amide bonds. The van der Waals surface area contributed by atoms with Crippen molar-refractivity contribution in [3.8, 4) is 0 Å². The first-order valence-corrected chi connectivity index (χ1v) is 10.5. The molecule has 0 unspecified atom stereocenters. The van der Waals surface area contributed by atoms with Crippen LogP contribution in [0.4, 0.5) is 5.69 Å². The van der Waals surface area contributed by atoms with Gasteiger partial charge in [-0.05, 0) is 42.3 Å². The number of hydrogen-bond acceptors (Lipinski definition) is 4. The average molecular weight is 469 g/mol. The number of fused-ring (bicyclic) bond motifs is 1. The van der Waals surface area contributed by atoms with Crippen LogP contribution < -0.4 is 5.32 Å². The Labute approximate surface area is 182 Å². The third kappa shape index (κ3) is 4.32. The van der Waals surface area contributed by atoms with Crippen LogP contribution in [-0.4, -0.2) is 43.0 Å². The van der Waals surface area contributed by atoms with Gasteiger partial charge in [0.1, 0.15) is 11.3 Å². The van der Waals surface area contributed by atoms with Crippen LogP contribution in [0.5, 0.6) is 0 Å². The Morgan fingerprint density at radius 1 is 1.13 bits per heavy atom. The van der Waals surface area contributed by atoms with Gasteiger partial charge in [-0.15, -0.1) is 0 Å². The molecule has 7 heteroatoms. The van der Waals surface area contributed by atoms with Gasteiger partial charge in [0.05, 0.1) is 13.2 Å². The fourth-order valence-corrected chi connectivity index (χ4v) is 3.95. The van der Waals surface area contributed by atoms with Gasteiger partial charge in [0.25, 0.3) is 5.91 Å². The molecule has 0 atom stereocenters. The van der Waals surface area contributed by atoms with Crippen molar-refractivity contribution in [2.45, 2.75) is 6.92 Å². The molecule has 6 nitrogen and oxygen atoms in total. The fourth-order valence-electron chi connectivity index (χ4n) is 3.33. The number of carbonyl (C=O) groups is 2. The second-order valence-corrected chi connectivity index (χ2v) is 7.91. The molecule has 4 rings (SSSR count). The molecule has 2 heterocycles. The van der Waals surface area contributed by atoms with E-state index in [1.807, 2.05) is 43.3 Å². The number of aryl methyl sites for hydroxylation is 1. The number of hydrogen-bond donors (Lipinski definition) is 1. The number of anilines is 1. The van der Waals surface area contributed by atoms with Gasteiger partial charge in [-0.3, -0.25) is 9.59 Å². The number of nitrogens with one attached hydrogen (secondary N) is 1. The number of nitrogens with zero attached hydrogens (tertiary/aromatic N) is 1. The predicted molar refractivity (Wildman–Crippen MR) is 119 cm³/mol. The van der Waals surface area contributed by atoms with E-state index in [-0.39, 0.29) is 17.6 Å². The van der Waals surface area contributed by atoms with E-state index in [1.165, 1.54) is 6.08 Å². The number of morpholine rings is 1. The first kappa shape index (κ1) is 20.4. The lowest BCUT2D eigenvalue weighted by atomic mass is 10.1. The summed E-state index contributed by atoms with van der Waals surface area (Å²) >= 11 is 3.51. The summed E-state index contributed by atoms with van der Waals surface area (Å²) in [5.74, 6) is -0.462. The number of furan rings is 1. The first-order chi connectivity index (χ1) is 14.5. The van der Waals surface area contributed by atoms with Crippen LogP contribution in [0.3, 0.4) is 0 Å². The topological polar surface area (TPSA) is 71.8 Å². The molecule has 1 N–H and O–H groups in total. The monoisotopic (exact) mass is 468 g/mol. The zero-order valence-electron chi connectivity index (χ0n) is 16.5. The van der Waals surface area contributed by atoms with Gasteiger partial charge >= 0.3 is 0 Å². The average Bonchev–Trinajstić information content (AvgIpc) is 3.11. The highest BCUT2D eigenvalue weighted by molar-refractivity contribution is 9.10. The Kier molecular flexibility index (Phi) is 6.01. The summed E-state index contributed by atoms with van der Waals surface area (Å²) < 4.78 is 12.1. The summed E-state index contributed by atoms with van der Waals surface area (Å²) in [5, 5.41) is 3.53. The van der Waals surface area contributed by atoms with Crippen LogP contribution in [0.1, 0.15) is 21.7 Å². The SMILES string of the molecule is Cc1ccc(/C=C/C(=O)Nc2c(C(=O)N3CCOCC3)oc3ccccc23)c(Br)c1. The number of benzene rings is 2. The number of para-hydroxylation sites is 1. The van der Waals surface area contributed by atoms with E-state index in [0.29, 0.717) is 43.0 Å². The van der Waals surface area contributed by atoms with Gasteiger partial charge in [-0.1, -0.05) is 40.2 Å². The Bertz CT molecular complexity index is 1130. The van der Waals surface area contributed by atoms with E-state index in [0.717, 1.165) is 15.6 Å². The highest BCUT2D eigenvalue weighted by atomic mass is 79.9. The third-order valence-electron chi connectivity index (χ3n) is 4.91. The van der Waals surface area contributed by atoms with Crippen molar-refractivity contribution < 1.29 is 18.7 Å². The van der Waals surface area contributed by atoms with Crippen LogP contribution in [0, 0.1) is 6.92 Å². The molecule has 1 aromatic heterocycles. The number of rotatable bonds is 4. The Morgan fingerprint density at radius 2 is 1.90 bits per heavy atom. The Balaban J connectivity index is 1.61. The van der Waals surface area contributed by atoms with Crippen molar-refractivity contribution in [3.63, 3.8) is 0 Å². The van der Waals surface area contributed by atoms with Crippen molar-refractivity contribution in [3.05, 3.63) is 69.9 Å². The molecule has 154 valence electrons. The highest BCUT2D eigenvalue weighted by Gasteiger charge is 2.27. The molecule has 1 fully saturated rings. The molecule has 3 aromatic rings. The molecular weight excluding hydrogens is 448 g/mol. The largest absolute Gasteiger partial charge is 0.449 e. The molecule has 0 aliphatic carbocycles. The minimum absolute atomic E-state index is 0.136. The summed E-state index contributed by atoms with van der Waals surface area (Å²) in [6, 6.07) is 13.2. The molecule has 0 bridgehead atoms. The Hall–Kier alpha value is -2.90. The molecule has 1 saturated heterocycles. The maximum absolute atomic E-state index is 13.0. The minimum atomic E-state index is -0.343. The summed E-state index contributed by atoms with van der Waals surface area (Å²) in [5.41, 5.74) is 2.95. The smallest absolute Gasteiger partial charge is 0.291 e. The van der Waals surface area contributed by atoms with E-state index < -0.39 is 0 Å². The standard InChI is InChI=1S/C23H21BrN2O4/c1-15-6-7-16(18(24)14-15)8-9-20(27)25-21-17-4-2-3-5-19(17)30-22(21)23(28)26-10-12-29-13-11-26/h2-9,14H,10-13H2,1H3,(H,25,27)/b9-8+. The second kappa shape index (κ2) is 8.85.